The van der Waals surface area contributed by atoms with E-state index in [1.807, 2.05) is 7.05 Å². The summed E-state index contributed by atoms with van der Waals surface area (Å²) < 4.78 is 4.00. The zero-order valence-corrected chi connectivity index (χ0v) is 12.5. The molecule has 2 aromatic heterocycles. The monoisotopic (exact) mass is 283 g/mol. The van der Waals surface area contributed by atoms with Gasteiger partial charge in [-0.2, -0.15) is 5.10 Å². The number of fused-ring (bicyclic) bond motifs is 1. The van der Waals surface area contributed by atoms with Crippen molar-refractivity contribution in [3.05, 3.63) is 48.2 Å². The average Bonchev–Trinajstić information content (AvgIpc) is 3.06. The Bertz CT molecular complexity index is 740. The largest absolute Gasteiger partial charge is 0.340 e. The molecule has 0 aliphatic carbocycles. The van der Waals surface area contributed by atoms with E-state index in [-0.39, 0.29) is 6.04 Å². The van der Waals surface area contributed by atoms with Gasteiger partial charge in [-0.3, -0.25) is 4.68 Å². The molecule has 0 saturated carbocycles. The lowest BCUT2D eigenvalue weighted by molar-refractivity contribution is 0.646. The third kappa shape index (κ3) is 2.83. The fraction of sp³-hybridized carbons (Fsp3) is 0.375. The molecule has 5 heteroatoms. The van der Waals surface area contributed by atoms with Gasteiger partial charge in [-0.25, -0.2) is 4.98 Å². The maximum atomic E-state index is 6.04. The molecule has 0 radical (unpaired) electrons. The highest BCUT2D eigenvalue weighted by atomic mass is 15.3. The Balaban J connectivity index is 1.87. The molecule has 5 nitrogen and oxygen atoms in total. The Morgan fingerprint density at radius 2 is 2.14 bits per heavy atom. The Morgan fingerprint density at radius 3 is 2.86 bits per heavy atom. The van der Waals surface area contributed by atoms with Crippen LogP contribution in [0.3, 0.4) is 0 Å². The first-order chi connectivity index (χ1) is 10.2. The van der Waals surface area contributed by atoms with E-state index in [0.717, 1.165) is 25.2 Å². The van der Waals surface area contributed by atoms with E-state index >= 15 is 0 Å². The van der Waals surface area contributed by atoms with Gasteiger partial charge in [0, 0.05) is 24.8 Å². The molecule has 0 aliphatic rings. The van der Waals surface area contributed by atoms with Crippen molar-refractivity contribution < 1.29 is 0 Å². The van der Waals surface area contributed by atoms with Crippen LogP contribution in [-0.2, 0) is 20.0 Å². The van der Waals surface area contributed by atoms with Crippen molar-refractivity contribution in [2.75, 3.05) is 0 Å². The minimum atomic E-state index is 0.239. The topological polar surface area (TPSA) is 61.7 Å². The van der Waals surface area contributed by atoms with Crippen LogP contribution in [0, 0.1) is 0 Å². The number of nitrogens with zero attached hydrogens (tertiary/aromatic N) is 4. The predicted molar refractivity (Wildman–Crippen MR) is 84.0 cm³/mol. The van der Waals surface area contributed by atoms with E-state index in [1.165, 1.54) is 16.5 Å². The molecule has 2 N–H and O–H groups in total. The molecule has 0 fully saturated rings. The molecule has 0 aliphatic heterocycles. The zero-order valence-electron chi connectivity index (χ0n) is 12.5. The van der Waals surface area contributed by atoms with E-state index < -0.39 is 0 Å². The van der Waals surface area contributed by atoms with Gasteiger partial charge in [-0.1, -0.05) is 13.0 Å². The van der Waals surface area contributed by atoms with E-state index in [9.17, 15) is 0 Å². The minimum Gasteiger partial charge on any atom is -0.340 e. The van der Waals surface area contributed by atoms with Gasteiger partial charge < -0.3 is 10.3 Å². The number of aryl methyl sites for hydroxylation is 1. The lowest BCUT2D eigenvalue weighted by Crippen LogP contribution is -2.21. The first-order valence-corrected chi connectivity index (χ1v) is 7.33. The maximum Gasteiger partial charge on any atom is 0.146 e. The highest BCUT2D eigenvalue weighted by Crippen LogP contribution is 2.19. The van der Waals surface area contributed by atoms with Crippen molar-refractivity contribution in [2.45, 2.75) is 32.4 Å². The normalized spacial score (nSPS) is 12.9. The highest BCUT2D eigenvalue weighted by molar-refractivity contribution is 5.81. The summed E-state index contributed by atoms with van der Waals surface area (Å²) in [6.07, 6.45) is 5.63. The summed E-state index contributed by atoms with van der Waals surface area (Å²) in [6.45, 7) is 2.86. The van der Waals surface area contributed by atoms with Crippen LogP contribution in [0.5, 0.6) is 0 Å². The standard InChI is InChI=1S/C16H21N5/c1-3-14(17)9-12-4-5-15-13(8-12)6-7-21(15)10-16-18-11-19-20(16)2/h4-8,11,14H,3,9-10,17H2,1-2H3. The van der Waals surface area contributed by atoms with Crippen molar-refractivity contribution in [2.24, 2.45) is 12.8 Å². The van der Waals surface area contributed by atoms with Gasteiger partial charge in [0.1, 0.15) is 12.2 Å². The molecule has 110 valence electrons. The third-order valence-electron chi connectivity index (χ3n) is 3.97. The number of hydrogen-bond donors (Lipinski definition) is 1. The third-order valence-corrected chi connectivity index (χ3v) is 3.97. The molecule has 3 aromatic rings. The molecular formula is C16H21N5. The van der Waals surface area contributed by atoms with Crippen LogP contribution < -0.4 is 5.73 Å². The Hall–Kier alpha value is -2.14. The first-order valence-electron chi connectivity index (χ1n) is 7.33. The second kappa shape index (κ2) is 5.69. The fourth-order valence-corrected chi connectivity index (χ4v) is 2.58. The number of aromatic nitrogens is 4. The second-order valence-corrected chi connectivity index (χ2v) is 5.51. The fourth-order valence-electron chi connectivity index (χ4n) is 2.58. The summed E-state index contributed by atoms with van der Waals surface area (Å²) in [4.78, 5) is 4.28. The molecule has 1 aromatic carbocycles. The van der Waals surface area contributed by atoms with Gasteiger partial charge in [0.15, 0.2) is 0 Å². The van der Waals surface area contributed by atoms with E-state index in [4.69, 9.17) is 5.73 Å². The Labute approximate surface area is 124 Å². The molecular weight excluding hydrogens is 262 g/mol. The van der Waals surface area contributed by atoms with Crippen LogP contribution in [0.15, 0.2) is 36.8 Å². The smallest absolute Gasteiger partial charge is 0.146 e. The van der Waals surface area contributed by atoms with Crippen molar-refractivity contribution in [3.63, 3.8) is 0 Å². The highest BCUT2D eigenvalue weighted by Gasteiger charge is 2.07. The molecule has 0 saturated heterocycles. The SMILES string of the molecule is CCC(N)Cc1ccc2c(ccn2Cc2ncnn2C)c1. The predicted octanol–water partition coefficient (Wildman–Crippen LogP) is 2.10. The van der Waals surface area contributed by atoms with Gasteiger partial charge >= 0.3 is 0 Å². The molecule has 21 heavy (non-hydrogen) atoms. The van der Waals surface area contributed by atoms with Crippen LogP contribution in [0.1, 0.15) is 24.7 Å². The molecule has 2 heterocycles. The minimum absolute atomic E-state index is 0.239. The van der Waals surface area contributed by atoms with Crippen molar-refractivity contribution in [3.8, 4) is 0 Å². The molecule has 1 atom stereocenters. The summed E-state index contributed by atoms with van der Waals surface area (Å²) in [5.74, 6) is 0.949. The van der Waals surface area contributed by atoms with Gasteiger partial charge in [0.05, 0.1) is 6.54 Å². The Morgan fingerprint density at radius 1 is 1.29 bits per heavy atom. The number of nitrogens with two attached hydrogens (primary N) is 1. The summed E-state index contributed by atoms with van der Waals surface area (Å²) in [5.41, 5.74) is 8.55. The Kier molecular flexibility index (Phi) is 3.75. The molecule has 0 amide bonds. The molecule has 0 bridgehead atoms. The lowest BCUT2D eigenvalue weighted by atomic mass is 10.0. The summed E-state index contributed by atoms with van der Waals surface area (Å²) in [5, 5.41) is 5.36. The number of rotatable bonds is 5. The van der Waals surface area contributed by atoms with Crippen LogP contribution in [0.4, 0.5) is 0 Å². The molecule has 1 unspecified atom stereocenters. The maximum absolute atomic E-state index is 6.04. The van der Waals surface area contributed by atoms with Crippen LogP contribution >= 0.6 is 0 Å². The second-order valence-electron chi connectivity index (χ2n) is 5.51. The van der Waals surface area contributed by atoms with Crippen molar-refractivity contribution in [1.29, 1.82) is 0 Å². The summed E-state index contributed by atoms with van der Waals surface area (Å²) in [6, 6.07) is 8.96. The van der Waals surface area contributed by atoms with E-state index in [0.29, 0.717) is 0 Å². The lowest BCUT2D eigenvalue weighted by Gasteiger charge is -2.09. The van der Waals surface area contributed by atoms with Crippen LogP contribution in [-0.4, -0.2) is 25.4 Å². The van der Waals surface area contributed by atoms with Crippen LogP contribution in [0.25, 0.3) is 10.9 Å². The van der Waals surface area contributed by atoms with E-state index in [2.05, 4.69) is 52.0 Å². The van der Waals surface area contributed by atoms with Gasteiger partial charge in [0.2, 0.25) is 0 Å². The zero-order chi connectivity index (χ0) is 14.8. The number of benzene rings is 1. The number of hydrogen-bond acceptors (Lipinski definition) is 3. The van der Waals surface area contributed by atoms with Gasteiger partial charge in [0.25, 0.3) is 0 Å². The van der Waals surface area contributed by atoms with Gasteiger partial charge in [-0.05, 0) is 42.0 Å². The van der Waals surface area contributed by atoms with Gasteiger partial charge in [-0.15, -0.1) is 0 Å². The van der Waals surface area contributed by atoms with Crippen molar-refractivity contribution in [1.82, 2.24) is 19.3 Å². The molecule has 0 spiro atoms. The van der Waals surface area contributed by atoms with E-state index in [1.54, 1.807) is 11.0 Å². The summed E-state index contributed by atoms with van der Waals surface area (Å²) in [7, 11) is 1.91. The van der Waals surface area contributed by atoms with Crippen molar-refractivity contribution >= 4 is 10.9 Å². The average molecular weight is 283 g/mol. The first kappa shape index (κ1) is 13.8. The quantitative estimate of drug-likeness (QED) is 0.780. The van der Waals surface area contributed by atoms with Crippen LogP contribution in [0.2, 0.25) is 0 Å². The summed E-state index contributed by atoms with van der Waals surface area (Å²) >= 11 is 0. The molecule has 3 rings (SSSR count).